The maximum absolute atomic E-state index is 15.1. The standard InChI is InChI=1S/C26H20F4N2O5/c1-13(33)15-2-3-16(9-23(34)35)22(8-15)36-11-14-6-18(17-4-5-32-21(10-31)24(17)27)25-19(7-14)20(12-37-25)26(28,29)30/h2-8,12H,9-11,31H2,1H3,(H,34,35). The SMILES string of the molecule is CC(=O)c1ccc(CC(=O)O)c(OCc2cc(-c3ccnc(CN)c3F)c3occ(C(F)(F)F)c3c2)c1. The van der Waals surface area contributed by atoms with E-state index in [1.54, 1.807) is 0 Å². The molecule has 2 aromatic heterocycles. The number of alkyl halides is 3. The third-order valence-electron chi connectivity index (χ3n) is 5.69. The molecule has 0 bridgehead atoms. The number of carboxylic acid groups (broad SMARTS) is 1. The van der Waals surface area contributed by atoms with Gasteiger partial charge < -0.3 is 20.0 Å². The fraction of sp³-hybridized carbons (Fsp3) is 0.192. The third kappa shape index (κ3) is 5.31. The van der Waals surface area contributed by atoms with E-state index in [1.165, 1.54) is 49.5 Å². The van der Waals surface area contributed by atoms with Crippen molar-refractivity contribution in [2.24, 2.45) is 5.73 Å². The second-order valence-corrected chi connectivity index (χ2v) is 8.23. The highest BCUT2D eigenvalue weighted by Gasteiger charge is 2.35. The minimum absolute atomic E-state index is 0.0319. The van der Waals surface area contributed by atoms with Crippen molar-refractivity contribution in [3.8, 4) is 16.9 Å². The molecule has 0 radical (unpaired) electrons. The summed E-state index contributed by atoms with van der Waals surface area (Å²) in [7, 11) is 0. The van der Waals surface area contributed by atoms with E-state index >= 15 is 4.39 Å². The predicted octanol–water partition coefficient (Wildman–Crippen LogP) is 5.52. The summed E-state index contributed by atoms with van der Waals surface area (Å²) in [5.74, 6) is -2.14. The van der Waals surface area contributed by atoms with Crippen LogP contribution >= 0.6 is 0 Å². The van der Waals surface area contributed by atoms with E-state index in [1.807, 2.05) is 0 Å². The van der Waals surface area contributed by atoms with Gasteiger partial charge in [0, 0.05) is 40.4 Å². The number of carboxylic acids is 1. The average molecular weight is 516 g/mol. The highest BCUT2D eigenvalue weighted by atomic mass is 19.4. The molecule has 7 nitrogen and oxygen atoms in total. The van der Waals surface area contributed by atoms with Gasteiger partial charge in [-0.2, -0.15) is 13.2 Å². The van der Waals surface area contributed by atoms with Gasteiger partial charge in [0.05, 0.1) is 12.1 Å². The summed E-state index contributed by atoms with van der Waals surface area (Å²) in [5, 5.41) is 8.89. The number of aliphatic carboxylic acids is 1. The minimum Gasteiger partial charge on any atom is -0.489 e. The number of furan rings is 1. The van der Waals surface area contributed by atoms with Crippen molar-refractivity contribution in [1.29, 1.82) is 0 Å². The predicted molar refractivity (Wildman–Crippen MR) is 124 cm³/mol. The van der Waals surface area contributed by atoms with E-state index in [0.717, 1.165) is 0 Å². The molecule has 2 aromatic carbocycles. The number of nitrogens with zero attached hydrogens (tertiary/aromatic N) is 1. The Bertz CT molecular complexity index is 1510. The summed E-state index contributed by atoms with van der Waals surface area (Å²) in [6.45, 7) is 0.791. The number of carbonyl (C=O) groups is 2. The number of benzene rings is 2. The number of nitrogens with two attached hydrogens (primary N) is 1. The number of ether oxygens (including phenoxy) is 1. The highest BCUT2D eigenvalue weighted by molar-refractivity contribution is 5.96. The van der Waals surface area contributed by atoms with Gasteiger partial charge in [-0.15, -0.1) is 0 Å². The molecule has 0 saturated carbocycles. The van der Waals surface area contributed by atoms with Gasteiger partial charge in [0.15, 0.2) is 11.6 Å². The van der Waals surface area contributed by atoms with Gasteiger partial charge in [0.2, 0.25) is 0 Å². The van der Waals surface area contributed by atoms with Crippen LogP contribution in [-0.2, 0) is 30.5 Å². The van der Waals surface area contributed by atoms with Crippen LogP contribution in [0, 0.1) is 5.82 Å². The number of hydrogen-bond donors (Lipinski definition) is 2. The molecule has 0 aliphatic carbocycles. The first-order chi connectivity index (χ1) is 17.5. The maximum atomic E-state index is 15.1. The normalized spacial score (nSPS) is 11.6. The average Bonchev–Trinajstić information content (AvgIpc) is 3.27. The Hall–Kier alpha value is -4.25. The topological polar surface area (TPSA) is 116 Å². The van der Waals surface area contributed by atoms with Crippen LogP contribution in [0.1, 0.15) is 39.7 Å². The molecule has 0 saturated heterocycles. The van der Waals surface area contributed by atoms with Crippen LogP contribution in [0.3, 0.4) is 0 Å². The van der Waals surface area contributed by atoms with Crippen LogP contribution in [0.25, 0.3) is 22.1 Å². The molecule has 0 spiro atoms. The Labute approximate surface area is 207 Å². The smallest absolute Gasteiger partial charge is 0.420 e. The molecule has 0 amide bonds. The van der Waals surface area contributed by atoms with Gasteiger partial charge in [0.1, 0.15) is 29.8 Å². The van der Waals surface area contributed by atoms with Crippen molar-refractivity contribution < 1.29 is 41.4 Å². The molecule has 0 aliphatic rings. The number of aromatic nitrogens is 1. The van der Waals surface area contributed by atoms with Crippen LogP contribution in [0.2, 0.25) is 0 Å². The maximum Gasteiger partial charge on any atom is 0.420 e. The van der Waals surface area contributed by atoms with E-state index in [2.05, 4.69) is 4.98 Å². The van der Waals surface area contributed by atoms with Gasteiger partial charge in [0.25, 0.3) is 0 Å². The van der Waals surface area contributed by atoms with Crippen molar-refractivity contribution in [2.45, 2.75) is 32.7 Å². The Morgan fingerprint density at radius 3 is 2.54 bits per heavy atom. The molecule has 2 heterocycles. The van der Waals surface area contributed by atoms with Gasteiger partial charge in [-0.25, -0.2) is 4.39 Å². The van der Waals surface area contributed by atoms with Gasteiger partial charge in [-0.05, 0) is 36.8 Å². The lowest BCUT2D eigenvalue weighted by Gasteiger charge is -2.14. The zero-order valence-electron chi connectivity index (χ0n) is 19.4. The number of hydrogen-bond acceptors (Lipinski definition) is 6. The molecule has 11 heteroatoms. The van der Waals surface area contributed by atoms with Crippen LogP contribution in [0.4, 0.5) is 17.6 Å². The van der Waals surface area contributed by atoms with E-state index < -0.39 is 29.9 Å². The molecule has 0 aliphatic heterocycles. The minimum atomic E-state index is -4.74. The lowest BCUT2D eigenvalue weighted by Crippen LogP contribution is -2.07. The monoisotopic (exact) mass is 516 g/mol. The molecule has 192 valence electrons. The molecule has 0 fully saturated rings. The Kier molecular flexibility index (Phi) is 6.99. The zero-order valence-corrected chi connectivity index (χ0v) is 19.4. The van der Waals surface area contributed by atoms with E-state index in [4.69, 9.17) is 14.9 Å². The molecule has 37 heavy (non-hydrogen) atoms. The number of Topliss-reactive ketones (excluding diaryl/α,β-unsaturated/α-hetero) is 1. The van der Waals surface area contributed by atoms with Crippen molar-refractivity contribution in [3.63, 3.8) is 0 Å². The van der Waals surface area contributed by atoms with Gasteiger partial charge >= 0.3 is 12.1 Å². The first-order valence-electron chi connectivity index (χ1n) is 10.9. The molecule has 3 N–H and O–H groups in total. The molecular formula is C26H20F4N2O5. The first kappa shape index (κ1) is 25.8. The number of ketones is 1. The number of halogens is 4. The van der Waals surface area contributed by atoms with Crippen LogP contribution in [0.15, 0.2) is 53.3 Å². The van der Waals surface area contributed by atoms with Crippen LogP contribution in [-0.4, -0.2) is 21.8 Å². The van der Waals surface area contributed by atoms with Crippen molar-refractivity contribution in [1.82, 2.24) is 4.98 Å². The summed E-state index contributed by atoms with van der Waals surface area (Å²) in [6, 6.07) is 8.18. The lowest BCUT2D eigenvalue weighted by molar-refractivity contribution is -0.137. The highest BCUT2D eigenvalue weighted by Crippen LogP contribution is 2.41. The van der Waals surface area contributed by atoms with E-state index in [-0.39, 0.29) is 69.2 Å². The molecule has 0 unspecified atom stereocenters. The molecule has 4 rings (SSSR count). The van der Waals surface area contributed by atoms with Crippen LogP contribution in [0.5, 0.6) is 5.75 Å². The zero-order chi connectivity index (χ0) is 26.9. The quantitative estimate of drug-likeness (QED) is 0.234. The summed E-state index contributed by atoms with van der Waals surface area (Å²) in [6.07, 6.45) is -3.30. The largest absolute Gasteiger partial charge is 0.489 e. The fourth-order valence-electron chi connectivity index (χ4n) is 3.92. The molecular weight excluding hydrogens is 496 g/mol. The first-order valence-corrected chi connectivity index (χ1v) is 10.9. The van der Waals surface area contributed by atoms with Crippen molar-refractivity contribution in [3.05, 3.63) is 82.6 Å². The number of fused-ring (bicyclic) bond motifs is 1. The number of carbonyl (C=O) groups excluding carboxylic acids is 1. The Morgan fingerprint density at radius 1 is 1.14 bits per heavy atom. The summed E-state index contributed by atoms with van der Waals surface area (Å²) in [4.78, 5) is 26.9. The molecule has 4 aromatic rings. The fourth-order valence-corrected chi connectivity index (χ4v) is 3.92. The Morgan fingerprint density at radius 2 is 1.89 bits per heavy atom. The van der Waals surface area contributed by atoms with E-state index in [9.17, 15) is 27.9 Å². The summed E-state index contributed by atoms with van der Waals surface area (Å²) >= 11 is 0. The second-order valence-electron chi connectivity index (χ2n) is 8.23. The summed E-state index contributed by atoms with van der Waals surface area (Å²) < 4.78 is 67.1. The number of rotatable bonds is 8. The van der Waals surface area contributed by atoms with Gasteiger partial charge in [-0.1, -0.05) is 12.1 Å². The van der Waals surface area contributed by atoms with Crippen molar-refractivity contribution >= 4 is 22.7 Å². The van der Waals surface area contributed by atoms with E-state index in [0.29, 0.717) is 6.26 Å². The molecule has 0 atom stereocenters. The number of pyridine rings is 1. The second kappa shape index (κ2) is 10.0. The van der Waals surface area contributed by atoms with Gasteiger partial charge in [-0.3, -0.25) is 14.6 Å². The van der Waals surface area contributed by atoms with Crippen LogP contribution < -0.4 is 10.5 Å². The summed E-state index contributed by atoms with van der Waals surface area (Å²) in [5.41, 5.74) is 4.95. The third-order valence-corrected chi connectivity index (χ3v) is 5.69. The Balaban J connectivity index is 1.83. The lowest BCUT2D eigenvalue weighted by atomic mass is 9.98. The van der Waals surface area contributed by atoms with Crippen molar-refractivity contribution in [2.75, 3.05) is 0 Å².